The number of nitrogens with one attached hydrogen (secondary N) is 1. The van der Waals surface area contributed by atoms with Crippen LogP contribution in [0.4, 0.5) is 5.69 Å². The van der Waals surface area contributed by atoms with Gasteiger partial charge in [0.05, 0.1) is 10.6 Å². The molecule has 0 spiro atoms. The number of carbonyl (C=O) groups excluding carboxylic acids is 1. The summed E-state index contributed by atoms with van der Waals surface area (Å²) in [5, 5.41) is 2.85. The molecule has 1 aliphatic rings. The number of sulfonamides is 1. The number of halogens is 1. The van der Waals surface area contributed by atoms with E-state index in [-0.39, 0.29) is 16.8 Å². The first-order chi connectivity index (χ1) is 12.4. The number of para-hydroxylation sites is 1. The molecule has 1 amide bonds. The molecule has 138 valence electrons. The van der Waals surface area contributed by atoms with Crippen molar-refractivity contribution in [2.75, 3.05) is 11.9 Å². The Labute approximate surface area is 168 Å². The van der Waals surface area contributed by atoms with Gasteiger partial charge in [-0.25, -0.2) is 8.42 Å². The van der Waals surface area contributed by atoms with Gasteiger partial charge in [0.25, 0.3) is 5.91 Å². The van der Waals surface area contributed by atoms with E-state index in [1.165, 1.54) is 12.1 Å². The van der Waals surface area contributed by atoms with E-state index < -0.39 is 10.0 Å². The molecule has 5 nitrogen and oxygen atoms in total. The molecule has 26 heavy (non-hydrogen) atoms. The molecule has 0 bridgehead atoms. The number of nitrogens with zero attached hydrogens (tertiary/aromatic N) is 1. The number of carbonyl (C=O) groups is 1. The van der Waals surface area contributed by atoms with Gasteiger partial charge in [0.2, 0.25) is 10.0 Å². The quantitative estimate of drug-likeness (QED) is 0.665. The predicted molar refractivity (Wildman–Crippen MR) is 111 cm³/mol. The highest BCUT2D eigenvalue weighted by molar-refractivity contribution is 14.1. The first-order valence-electron chi connectivity index (χ1n) is 8.57. The third kappa shape index (κ3) is 4.10. The van der Waals surface area contributed by atoms with Gasteiger partial charge in [0.1, 0.15) is 0 Å². The van der Waals surface area contributed by atoms with Gasteiger partial charge in [-0.3, -0.25) is 4.79 Å². The fourth-order valence-electron chi connectivity index (χ4n) is 3.10. The van der Waals surface area contributed by atoms with Crippen LogP contribution >= 0.6 is 22.6 Å². The lowest BCUT2D eigenvalue weighted by Gasteiger charge is -2.32. The molecule has 1 fully saturated rings. The fourth-order valence-corrected chi connectivity index (χ4v) is 5.32. The molecule has 0 aliphatic carbocycles. The Morgan fingerprint density at radius 1 is 1.12 bits per heavy atom. The summed E-state index contributed by atoms with van der Waals surface area (Å²) in [5.41, 5.74) is 1.16. The van der Waals surface area contributed by atoms with Crippen LogP contribution in [0.2, 0.25) is 0 Å². The molecular formula is C19H21IN2O3S. The van der Waals surface area contributed by atoms with Crippen LogP contribution in [0.15, 0.2) is 53.4 Å². The molecule has 1 heterocycles. The Morgan fingerprint density at radius 3 is 2.46 bits per heavy atom. The van der Waals surface area contributed by atoms with Crippen molar-refractivity contribution in [3.05, 3.63) is 57.7 Å². The van der Waals surface area contributed by atoms with E-state index in [0.717, 1.165) is 28.5 Å². The lowest BCUT2D eigenvalue weighted by atomic mass is 10.1. The van der Waals surface area contributed by atoms with E-state index in [2.05, 4.69) is 27.9 Å². The van der Waals surface area contributed by atoms with E-state index in [0.29, 0.717) is 12.1 Å². The van der Waals surface area contributed by atoms with Crippen LogP contribution in [0.1, 0.15) is 36.5 Å². The van der Waals surface area contributed by atoms with E-state index in [9.17, 15) is 13.2 Å². The van der Waals surface area contributed by atoms with Crippen molar-refractivity contribution >= 4 is 44.2 Å². The van der Waals surface area contributed by atoms with E-state index in [1.807, 2.05) is 31.2 Å². The highest BCUT2D eigenvalue weighted by atomic mass is 127. The maximum Gasteiger partial charge on any atom is 0.255 e. The van der Waals surface area contributed by atoms with Crippen LogP contribution in [0.5, 0.6) is 0 Å². The normalized spacial score (nSPS) is 18.5. The summed E-state index contributed by atoms with van der Waals surface area (Å²) in [7, 11) is -3.52. The Balaban J connectivity index is 1.77. The topological polar surface area (TPSA) is 66.5 Å². The second-order valence-electron chi connectivity index (χ2n) is 6.42. The Morgan fingerprint density at radius 2 is 1.81 bits per heavy atom. The van der Waals surface area contributed by atoms with Crippen LogP contribution in [-0.4, -0.2) is 31.2 Å². The van der Waals surface area contributed by atoms with Crippen molar-refractivity contribution in [1.82, 2.24) is 4.31 Å². The first-order valence-corrected chi connectivity index (χ1v) is 11.1. The molecule has 2 aromatic rings. The summed E-state index contributed by atoms with van der Waals surface area (Å²) in [5.74, 6) is -0.260. The van der Waals surface area contributed by atoms with Gasteiger partial charge < -0.3 is 5.32 Å². The number of benzene rings is 2. The predicted octanol–water partition coefficient (Wildman–Crippen LogP) is 4.11. The van der Waals surface area contributed by atoms with Gasteiger partial charge in [0, 0.05) is 21.7 Å². The SMILES string of the molecule is CC1CCCCN1S(=O)(=O)c1ccc(C(=O)Nc2ccccc2I)cc1. The van der Waals surface area contributed by atoms with Crippen LogP contribution in [-0.2, 0) is 10.0 Å². The molecule has 1 unspecified atom stereocenters. The summed E-state index contributed by atoms with van der Waals surface area (Å²) >= 11 is 2.16. The largest absolute Gasteiger partial charge is 0.321 e. The van der Waals surface area contributed by atoms with E-state index in [4.69, 9.17) is 0 Å². The molecule has 7 heteroatoms. The number of hydrogen-bond donors (Lipinski definition) is 1. The number of rotatable bonds is 4. The molecule has 1 aliphatic heterocycles. The van der Waals surface area contributed by atoms with Gasteiger partial charge >= 0.3 is 0 Å². The summed E-state index contributed by atoms with van der Waals surface area (Å²) < 4.78 is 28.2. The van der Waals surface area contributed by atoms with Gasteiger partial charge in [-0.05, 0) is 78.8 Å². The molecule has 1 atom stereocenters. The molecule has 1 saturated heterocycles. The van der Waals surface area contributed by atoms with Crippen LogP contribution in [0, 0.1) is 3.57 Å². The summed E-state index contributed by atoms with van der Waals surface area (Å²) in [4.78, 5) is 12.6. The van der Waals surface area contributed by atoms with Gasteiger partial charge in [0.15, 0.2) is 0 Å². The summed E-state index contributed by atoms with van der Waals surface area (Å²) in [6.07, 6.45) is 2.83. The average Bonchev–Trinajstić information content (AvgIpc) is 2.64. The zero-order chi connectivity index (χ0) is 18.7. The second-order valence-corrected chi connectivity index (χ2v) is 9.47. The average molecular weight is 484 g/mol. The number of piperidine rings is 1. The molecule has 2 aromatic carbocycles. The smallest absolute Gasteiger partial charge is 0.255 e. The maximum atomic E-state index is 12.8. The Bertz CT molecular complexity index is 897. The standard InChI is InChI=1S/C19H21IN2O3S/c1-14-6-4-5-13-22(14)26(24,25)16-11-9-15(10-12-16)19(23)21-18-8-3-2-7-17(18)20/h2-3,7-12,14H,4-6,13H2,1H3,(H,21,23). The minimum absolute atomic E-state index is 0.0110. The molecule has 3 rings (SSSR count). The second kappa shape index (κ2) is 8.06. The minimum atomic E-state index is -3.52. The van der Waals surface area contributed by atoms with Crippen molar-refractivity contribution in [3.8, 4) is 0 Å². The van der Waals surface area contributed by atoms with Crippen molar-refractivity contribution in [3.63, 3.8) is 0 Å². The van der Waals surface area contributed by atoms with Crippen LogP contribution in [0.25, 0.3) is 0 Å². The number of hydrogen-bond acceptors (Lipinski definition) is 3. The van der Waals surface area contributed by atoms with E-state index >= 15 is 0 Å². The highest BCUT2D eigenvalue weighted by Gasteiger charge is 2.30. The van der Waals surface area contributed by atoms with Gasteiger partial charge in [-0.15, -0.1) is 0 Å². The molecular weight excluding hydrogens is 463 g/mol. The van der Waals surface area contributed by atoms with Crippen molar-refractivity contribution < 1.29 is 13.2 Å². The van der Waals surface area contributed by atoms with Crippen molar-refractivity contribution in [1.29, 1.82) is 0 Å². The minimum Gasteiger partial charge on any atom is -0.321 e. The number of anilines is 1. The lowest BCUT2D eigenvalue weighted by molar-refractivity contribution is 0.102. The maximum absolute atomic E-state index is 12.8. The highest BCUT2D eigenvalue weighted by Crippen LogP contribution is 2.25. The van der Waals surface area contributed by atoms with Crippen molar-refractivity contribution in [2.45, 2.75) is 37.1 Å². The van der Waals surface area contributed by atoms with Crippen LogP contribution < -0.4 is 5.32 Å². The van der Waals surface area contributed by atoms with Crippen molar-refractivity contribution in [2.24, 2.45) is 0 Å². The summed E-state index contributed by atoms with van der Waals surface area (Å²) in [6, 6.07) is 13.7. The first kappa shape index (κ1) is 19.3. The summed E-state index contributed by atoms with van der Waals surface area (Å²) in [6.45, 7) is 2.50. The zero-order valence-electron chi connectivity index (χ0n) is 14.5. The monoisotopic (exact) mass is 484 g/mol. The fraction of sp³-hybridized carbons (Fsp3) is 0.316. The van der Waals surface area contributed by atoms with Gasteiger partial charge in [-0.2, -0.15) is 4.31 Å². The van der Waals surface area contributed by atoms with Gasteiger partial charge in [-0.1, -0.05) is 18.6 Å². The molecule has 0 aromatic heterocycles. The molecule has 0 radical (unpaired) electrons. The third-order valence-electron chi connectivity index (χ3n) is 4.59. The number of amides is 1. The Hall–Kier alpha value is -1.45. The Kier molecular flexibility index (Phi) is 5.99. The third-order valence-corrected chi connectivity index (χ3v) is 7.56. The lowest BCUT2D eigenvalue weighted by Crippen LogP contribution is -2.41. The van der Waals surface area contributed by atoms with E-state index in [1.54, 1.807) is 16.4 Å². The molecule has 0 saturated carbocycles. The van der Waals surface area contributed by atoms with Crippen LogP contribution in [0.3, 0.4) is 0 Å². The zero-order valence-corrected chi connectivity index (χ0v) is 17.5. The molecule has 1 N–H and O–H groups in total.